The monoisotopic (exact) mass is 227 g/mol. The summed E-state index contributed by atoms with van der Waals surface area (Å²) in [5, 5.41) is 0. The number of rotatable bonds is 9. The fourth-order valence-electron chi connectivity index (χ4n) is 1.37. The second kappa shape index (κ2) is 10.7. The summed E-state index contributed by atoms with van der Waals surface area (Å²) in [5.74, 6) is -0.798. The average Bonchev–Trinajstić information content (AvgIpc) is 2.26. The highest BCUT2D eigenvalue weighted by atomic mass is 16.6. The van der Waals surface area contributed by atoms with Gasteiger partial charge in [0, 0.05) is 12.8 Å². The predicted octanol–water partition coefficient (Wildman–Crippen LogP) is 3.42. The Labute approximate surface area is 98.6 Å². The van der Waals surface area contributed by atoms with Gasteiger partial charge in [-0.1, -0.05) is 46.0 Å². The standard InChI is InChI=1S/C13H23O3/c1-3-5-7-8-9-11-13(15)16-12(14)10-6-4-2/h2-11H2,1H3. The summed E-state index contributed by atoms with van der Waals surface area (Å²) >= 11 is 0. The van der Waals surface area contributed by atoms with Crippen molar-refractivity contribution in [2.75, 3.05) is 0 Å². The van der Waals surface area contributed by atoms with E-state index in [-0.39, 0.29) is 5.97 Å². The zero-order chi connectivity index (χ0) is 12.2. The van der Waals surface area contributed by atoms with E-state index in [1.165, 1.54) is 12.8 Å². The Morgan fingerprint density at radius 3 is 2.06 bits per heavy atom. The van der Waals surface area contributed by atoms with Crippen LogP contribution in [0, 0.1) is 6.92 Å². The summed E-state index contributed by atoms with van der Waals surface area (Å²) in [6, 6.07) is 0. The van der Waals surface area contributed by atoms with Gasteiger partial charge in [0.2, 0.25) is 0 Å². The highest BCUT2D eigenvalue weighted by Gasteiger charge is 2.09. The number of carbonyl (C=O) groups is 2. The second-order valence-corrected chi connectivity index (χ2v) is 3.97. The lowest BCUT2D eigenvalue weighted by Gasteiger charge is -2.02. The van der Waals surface area contributed by atoms with Crippen LogP contribution in [0.5, 0.6) is 0 Å². The number of ether oxygens (including phenoxy) is 1. The summed E-state index contributed by atoms with van der Waals surface area (Å²) in [6.45, 7) is 5.77. The second-order valence-electron chi connectivity index (χ2n) is 3.97. The van der Waals surface area contributed by atoms with Gasteiger partial charge in [0.1, 0.15) is 0 Å². The molecule has 93 valence electrons. The van der Waals surface area contributed by atoms with E-state index >= 15 is 0 Å². The Morgan fingerprint density at radius 1 is 0.938 bits per heavy atom. The van der Waals surface area contributed by atoms with Gasteiger partial charge in [-0.05, 0) is 12.8 Å². The summed E-state index contributed by atoms with van der Waals surface area (Å²) < 4.78 is 4.65. The number of carbonyl (C=O) groups excluding carboxylic acids is 2. The molecule has 3 heteroatoms. The normalized spacial score (nSPS) is 10.1. The summed E-state index contributed by atoms with van der Waals surface area (Å²) in [6.07, 6.45) is 7.44. The van der Waals surface area contributed by atoms with Crippen LogP contribution in [0.3, 0.4) is 0 Å². The van der Waals surface area contributed by atoms with Crippen molar-refractivity contribution in [3.63, 3.8) is 0 Å². The smallest absolute Gasteiger partial charge is 0.313 e. The van der Waals surface area contributed by atoms with Gasteiger partial charge in [0.25, 0.3) is 0 Å². The number of hydrogen-bond acceptors (Lipinski definition) is 3. The Hall–Kier alpha value is -0.860. The largest absolute Gasteiger partial charge is 0.393 e. The molecule has 0 saturated heterocycles. The Bertz CT molecular complexity index is 199. The van der Waals surface area contributed by atoms with Gasteiger partial charge in [0.15, 0.2) is 0 Å². The molecule has 0 rings (SSSR count). The molecule has 3 nitrogen and oxygen atoms in total. The van der Waals surface area contributed by atoms with Gasteiger partial charge in [-0.15, -0.1) is 0 Å². The first-order valence-electron chi connectivity index (χ1n) is 6.23. The fourth-order valence-corrected chi connectivity index (χ4v) is 1.37. The highest BCUT2D eigenvalue weighted by molar-refractivity contribution is 5.85. The number of hydrogen-bond donors (Lipinski definition) is 0. The van der Waals surface area contributed by atoms with Crippen LogP contribution < -0.4 is 0 Å². The lowest BCUT2D eigenvalue weighted by Crippen LogP contribution is -2.11. The summed E-state index contributed by atoms with van der Waals surface area (Å²) in [4.78, 5) is 22.3. The van der Waals surface area contributed by atoms with Crippen molar-refractivity contribution in [2.45, 2.75) is 64.7 Å². The van der Waals surface area contributed by atoms with Crippen LogP contribution in [0.25, 0.3) is 0 Å². The third kappa shape index (κ3) is 9.69. The molecule has 0 aliphatic rings. The quantitative estimate of drug-likeness (QED) is 0.344. The molecule has 0 spiro atoms. The maximum absolute atomic E-state index is 11.2. The van der Waals surface area contributed by atoms with Crippen molar-refractivity contribution < 1.29 is 14.3 Å². The summed E-state index contributed by atoms with van der Waals surface area (Å²) in [5.41, 5.74) is 0. The zero-order valence-electron chi connectivity index (χ0n) is 10.3. The van der Waals surface area contributed by atoms with Crippen LogP contribution >= 0.6 is 0 Å². The van der Waals surface area contributed by atoms with Crippen LogP contribution in [-0.4, -0.2) is 11.9 Å². The molecular formula is C13H23O3. The molecule has 16 heavy (non-hydrogen) atoms. The van der Waals surface area contributed by atoms with E-state index in [0.717, 1.165) is 19.3 Å². The van der Waals surface area contributed by atoms with Gasteiger partial charge in [-0.2, -0.15) is 0 Å². The maximum atomic E-state index is 11.2. The SMILES string of the molecule is [CH2]CCCC(=O)OC(=O)CCCCCCC. The summed E-state index contributed by atoms with van der Waals surface area (Å²) in [7, 11) is 0. The van der Waals surface area contributed by atoms with Crippen molar-refractivity contribution in [3.8, 4) is 0 Å². The van der Waals surface area contributed by atoms with E-state index in [2.05, 4.69) is 18.6 Å². The van der Waals surface area contributed by atoms with Gasteiger partial charge in [-0.3, -0.25) is 9.59 Å². The molecule has 0 bridgehead atoms. The van der Waals surface area contributed by atoms with E-state index in [1.807, 2.05) is 0 Å². The molecule has 0 N–H and O–H groups in total. The number of esters is 2. The first kappa shape index (κ1) is 15.1. The van der Waals surface area contributed by atoms with Crippen molar-refractivity contribution in [2.24, 2.45) is 0 Å². The molecule has 0 heterocycles. The first-order valence-corrected chi connectivity index (χ1v) is 6.23. The lowest BCUT2D eigenvalue weighted by molar-refractivity contribution is -0.159. The van der Waals surface area contributed by atoms with Crippen LogP contribution in [0.15, 0.2) is 0 Å². The third-order valence-electron chi connectivity index (χ3n) is 2.34. The van der Waals surface area contributed by atoms with E-state index in [0.29, 0.717) is 25.7 Å². The molecular weight excluding hydrogens is 204 g/mol. The highest BCUT2D eigenvalue weighted by Crippen LogP contribution is 2.06. The van der Waals surface area contributed by atoms with Crippen molar-refractivity contribution in [1.82, 2.24) is 0 Å². The minimum atomic E-state index is -0.415. The first-order chi connectivity index (χ1) is 7.70. The molecule has 0 aliphatic carbocycles. The van der Waals surface area contributed by atoms with Crippen molar-refractivity contribution >= 4 is 11.9 Å². The Balaban J connectivity index is 3.40. The molecule has 0 fully saturated rings. The Kier molecular flexibility index (Phi) is 10.1. The molecule has 0 unspecified atom stereocenters. The van der Waals surface area contributed by atoms with E-state index < -0.39 is 5.97 Å². The van der Waals surface area contributed by atoms with Gasteiger partial charge >= 0.3 is 11.9 Å². The van der Waals surface area contributed by atoms with Crippen LogP contribution in [0.2, 0.25) is 0 Å². The topological polar surface area (TPSA) is 43.4 Å². The minimum absolute atomic E-state index is 0.297. The number of unbranched alkanes of at least 4 members (excludes halogenated alkanes) is 5. The molecule has 1 radical (unpaired) electrons. The minimum Gasteiger partial charge on any atom is -0.393 e. The average molecular weight is 227 g/mol. The third-order valence-corrected chi connectivity index (χ3v) is 2.34. The van der Waals surface area contributed by atoms with Gasteiger partial charge in [-0.25, -0.2) is 0 Å². The Morgan fingerprint density at radius 2 is 1.50 bits per heavy atom. The zero-order valence-corrected chi connectivity index (χ0v) is 10.3. The lowest BCUT2D eigenvalue weighted by atomic mass is 10.1. The van der Waals surface area contributed by atoms with E-state index in [9.17, 15) is 9.59 Å². The molecule has 0 saturated carbocycles. The fraction of sp³-hybridized carbons (Fsp3) is 0.769. The van der Waals surface area contributed by atoms with Crippen molar-refractivity contribution in [3.05, 3.63) is 6.92 Å². The molecule has 0 aromatic carbocycles. The maximum Gasteiger partial charge on any atom is 0.313 e. The van der Waals surface area contributed by atoms with E-state index in [1.54, 1.807) is 0 Å². The predicted molar refractivity (Wildman–Crippen MR) is 63.7 cm³/mol. The van der Waals surface area contributed by atoms with Gasteiger partial charge in [0.05, 0.1) is 0 Å². The van der Waals surface area contributed by atoms with Crippen LogP contribution in [0.1, 0.15) is 64.7 Å². The van der Waals surface area contributed by atoms with Crippen LogP contribution in [-0.2, 0) is 14.3 Å². The van der Waals surface area contributed by atoms with Crippen molar-refractivity contribution in [1.29, 1.82) is 0 Å². The molecule has 0 aromatic rings. The van der Waals surface area contributed by atoms with E-state index in [4.69, 9.17) is 0 Å². The molecule has 0 atom stereocenters. The van der Waals surface area contributed by atoms with Gasteiger partial charge < -0.3 is 4.74 Å². The van der Waals surface area contributed by atoms with Crippen LogP contribution in [0.4, 0.5) is 0 Å². The molecule has 0 amide bonds. The molecule has 0 aromatic heterocycles. The molecule has 0 aliphatic heterocycles.